The Bertz CT molecular complexity index is 226. The maximum atomic E-state index is 2.70. The predicted octanol–water partition coefficient (Wildman–Crippen LogP) is 1.74. The van der Waals surface area contributed by atoms with E-state index in [1.807, 2.05) is 0 Å². The normalized spacial score (nSPS) is 26.0. The van der Waals surface area contributed by atoms with E-state index in [2.05, 4.69) is 35.5 Å². The van der Waals surface area contributed by atoms with Gasteiger partial charge in [-0.15, -0.1) is 0 Å². The quantitative estimate of drug-likeness (QED) is 0.756. The summed E-state index contributed by atoms with van der Waals surface area (Å²) < 4.78 is 0. The lowest BCUT2D eigenvalue weighted by atomic mass is 9.95. The molecule has 0 atom stereocenters. The summed E-state index contributed by atoms with van der Waals surface area (Å²) in [4.78, 5) is 7.89. The topological polar surface area (TPSA) is 9.72 Å². The Hall–Kier alpha value is -0.120. The smallest absolute Gasteiger partial charge is 0.0110 e. The molecule has 3 heteroatoms. The first-order chi connectivity index (χ1) is 8.69. The first-order valence-electron chi connectivity index (χ1n) is 7.87. The SMILES string of the molecule is CCN1CCN(CC2CCN(C(C)C)CC2)CC1. The van der Waals surface area contributed by atoms with Crippen molar-refractivity contribution in [2.75, 3.05) is 52.4 Å². The molecule has 0 aromatic carbocycles. The van der Waals surface area contributed by atoms with Gasteiger partial charge in [-0.1, -0.05) is 6.92 Å². The molecule has 0 bridgehead atoms. The van der Waals surface area contributed by atoms with Gasteiger partial charge in [0.05, 0.1) is 0 Å². The molecule has 2 saturated heterocycles. The first-order valence-corrected chi connectivity index (χ1v) is 7.87. The van der Waals surface area contributed by atoms with Crippen LogP contribution in [0.25, 0.3) is 0 Å². The molecule has 2 heterocycles. The van der Waals surface area contributed by atoms with E-state index in [4.69, 9.17) is 0 Å². The van der Waals surface area contributed by atoms with Gasteiger partial charge in [0, 0.05) is 38.8 Å². The summed E-state index contributed by atoms with van der Waals surface area (Å²) in [7, 11) is 0. The Kier molecular flexibility index (Phi) is 5.46. The number of likely N-dealkylation sites (N-methyl/N-ethyl adjacent to an activating group) is 1. The zero-order valence-electron chi connectivity index (χ0n) is 12.6. The van der Waals surface area contributed by atoms with E-state index in [1.165, 1.54) is 65.2 Å². The lowest BCUT2D eigenvalue weighted by Gasteiger charge is -2.39. The zero-order chi connectivity index (χ0) is 13.0. The van der Waals surface area contributed by atoms with Crippen LogP contribution in [0.1, 0.15) is 33.6 Å². The monoisotopic (exact) mass is 253 g/mol. The Morgan fingerprint density at radius 1 is 0.889 bits per heavy atom. The molecule has 0 aromatic rings. The molecule has 0 unspecified atom stereocenters. The van der Waals surface area contributed by atoms with E-state index >= 15 is 0 Å². The van der Waals surface area contributed by atoms with Crippen LogP contribution in [0, 0.1) is 5.92 Å². The molecule has 0 N–H and O–H groups in total. The van der Waals surface area contributed by atoms with Gasteiger partial charge in [0.25, 0.3) is 0 Å². The Morgan fingerprint density at radius 2 is 1.44 bits per heavy atom. The summed E-state index contributed by atoms with van der Waals surface area (Å²) in [6.07, 6.45) is 2.82. The molecule has 0 saturated carbocycles. The Balaban J connectivity index is 1.66. The van der Waals surface area contributed by atoms with Crippen LogP contribution < -0.4 is 0 Å². The average molecular weight is 253 g/mol. The van der Waals surface area contributed by atoms with E-state index in [1.54, 1.807) is 0 Å². The van der Waals surface area contributed by atoms with Crippen LogP contribution in [0.15, 0.2) is 0 Å². The van der Waals surface area contributed by atoms with Crippen LogP contribution in [0.3, 0.4) is 0 Å². The minimum atomic E-state index is 0.735. The van der Waals surface area contributed by atoms with Crippen molar-refractivity contribution in [2.45, 2.75) is 39.7 Å². The van der Waals surface area contributed by atoms with Crippen molar-refractivity contribution < 1.29 is 0 Å². The van der Waals surface area contributed by atoms with Crippen LogP contribution >= 0.6 is 0 Å². The second-order valence-corrected chi connectivity index (χ2v) is 6.31. The van der Waals surface area contributed by atoms with E-state index in [9.17, 15) is 0 Å². The zero-order valence-corrected chi connectivity index (χ0v) is 12.6. The van der Waals surface area contributed by atoms with Gasteiger partial charge in [0.1, 0.15) is 0 Å². The highest BCUT2D eigenvalue weighted by Gasteiger charge is 2.24. The minimum Gasteiger partial charge on any atom is -0.301 e. The van der Waals surface area contributed by atoms with Gasteiger partial charge in [-0.25, -0.2) is 0 Å². The van der Waals surface area contributed by atoms with Crippen molar-refractivity contribution in [3.8, 4) is 0 Å². The molecule has 2 aliphatic rings. The summed E-state index contributed by atoms with van der Waals surface area (Å²) in [6.45, 7) is 17.3. The van der Waals surface area contributed by atoms with Crippen molar-refractivity contribution in [3.05, 3.63) is 0 Å². The second-order valence-electron chi connectivity index (χ2n) is 6.31. The third kappa shape index (κ3) is 3.94. The van der Waals surface area contributed by atoms with Crippen molar-refractivity contribution in [3.63, 3.8) is 0 Å². The van der Waals surface area contributed by atoms with Crippen LogP contribution in [0.5, 0.6) is 0 Å². The second kappa shape index (κ2) is 6.88. The number of piperazine rings is 1. The molecular weight excluding hydrogens is 222 g/mol. The number of nitrogens with zero attached hydrogens (tertiary/aromatic N) is 3. The summed E-state index contributed by atoms with van der Waals surface area (Å²) in [5.74, 6) is 0.952. The molecule has 0 spiro atoms. The molecule has 2 rings (SSSR count). The molecule has 2 fully saturated rings. The van der Waals surface area contributed by atoms with Crippen LogP contribution in [-0.2, 0) is 0 Å². The average Bonchev–Trinajstić information content (AvgIpc) is 2.40. The lowest BCUT2D eigenvalue weighted by Crippen LogP contribution is -2.49. The molecular formula is C15H31N3. The molecule has 0 amide bonds. The van der Waals surface area contributed by atoms with Crippen molar-refractivity contribution in [1.29, 1.82) is 0 Å². The number of rotatable bonds is 4. The summed E-state index contributed by atoms with van der Waals surface area (Å²) in [6, 6.07) is 0.735. The highest BCUT2D eigenvalue weighted by atomic mass is 15.3. The number of hydrogen-bond donors (Lipinski definition) is 0. The molecule has 18 heavy (non-hydrogen) atoms. The fourth-order valence-corrected chi connectivity index (χ4v) is 3.31. The highest BCUT2D eigenvalue weighted by molar-refractivity contribution is 4.79. The fourth-order valence-electron chi connectivity index (χ4n) is 3.31. The number of likely N-dealkylation sites (tertiary alicyclic amines) is 1. The lowest BCUT2D eigenvalue weighted by molar-refractivity contribution is 0.0894. The molecule has 3 nitrogen and oxygen atoms in total. The third-order valence-electron chi connectivity index (χ3n) is 4.81. The van der Waals surface area contributed by atoms with Crippen molar-refractivity contribution >= 4 is 0 Å². The molecule has 0 aliphatic carbocycles. The molecule has 0 radical (unpaired) electrons. The van der Waals surface area contributed by atoms with Crippen LogP contribution in [-0.4, -0.2) is 73.1 Å². The van der Waals surface area contributed by atoms with E-state index in [0.717, 1.165) is 12.0 Å². The maximum Gasteiger partial charge on any atom is 0.0110 e. The predicted molar refractivity (Wildman–Crippen MR) is 78.0 cm³/mol. The standard InChI is InChI=1S/C15H31N3/c1-4-16-9-11-17(12-10-16)13-15-5-7-18(8-6-15)14(2)3/h14-15H,4-13H2,1-3H3. The maximum absolute atomic E-state index is 2.70. The summed E-state index contributed by atoms with van der Waals surface area (Å²) in [5.41, 5.74) is 0. The third-order valence-corrected chi connectivity index (χ3v) is 4.81. The van der Waals surface area contributed by atoms with Crippen molar-refractivity contribution in [1.82, 2.24) is 14.7 Å². The first kappa shape index (κ1) is 14.3. The van der Waals surface area contributed by atoms with Gasteiger partial charge in [-0.3, -0.25) is 0 Å². The van der Waals surface area contributed by atoms with Gasteiger partial charge >= 0.3 is 0 Å². The molecule has 0 aromatic heterocycles. The highest BCUT2D eigenvalue weighted by Crippen LogP contribution is 2.20. The van der Waals surface area contributed by atoms with Crippen molar-refractivity contribution in [2.24, 2.45) is 5.92 Å². The van der Waals surface area contributed by atoms with Gasteiger partial charge in [-0.2, -0.15) is 0 Å². The van der Waals surface area contributed by atoms with Gasteiger partial charge in [0.2, 0.25) is 0 Å². The minimum absolute atomic E-state index is 0.735. The summed E-state index contributed by atoms with van der Waals surface area (Å²) >= 11 is 0. The van der Waals surface area contributed by atoms with E-state index in [-0.39, 0.29) is 0 Å². The van der Waals surface area contributed by atoms with Crippen LogP contribution in [0.4, 0.5) is 0 Å². The largest absolute Gasteiger partial charge is 0.301 e. The van der Waals surface area contributed by atoms with Gasteiger partial charge in [-0.05, 0) is 52.2 Å². The summed E-state index contributed by atoms with van der Waals surface area (Å²) in [5, 5.41) is 0. The van der Waals surface area contributed by atoms with Gasteiger partial charge < -0.3 is 14.7 Å². The Labute approximate surface area is 113 Å². The fraction of sp³-hybridized carbons (Fsp3) is 1.00. The number of hydrogen-bond acceptors (Lipinski definition) is 3. The van der Waals surface area contributed by atoms with Gasteiger partial charge in [0.15, 0.2) is 0 Å². The molecule has 106 valence electrons. The van der Waals surface area contributed by atoms with Crippen LogP contribution in [0.2, 0.25) is 0 Å². The molecule has 2 aliphatic heterocycles. The van der Waals surface area contributed by atoms with E-state index < -0.39 is 0 Å². The number of piperidine rings is 1. The Morgan fingerprint density at radius 3 is 1.94 bits per heavy atom. The van der Waals surface area contributed by atoms with E-state index in [0.29, 0.717) is 0 Å².